The number of likely N-dealkylation sites (tertiary alicyclic amines) is 1. The monoisotopic (exact) mass is 258 g/mol. The predicted octanol–water partition coefficient (Wildman–Crippen LogP) is 1.61. The first-order chi connectivity index (χ1) is 8.34. The summed E-state index contributed by atoms with van der Waals surface area (Å²) < 4.78 is 10.3. The molecule has 2 atom stereocenters. The van der Waals surface area contributed by atoms with Gasteiger partial charge in [-0.25, -0.2) is 4.79 Å². The highest BCUT2D eigenvalue weighted by Gasteiger charge is 2.37. The van der Waals surface area contributed by atoms with Crippen LogP contribution >= 0.6 is 0 Å². The van der Waals surface area contributed by atoms with E-state index in [1.54, 1.807) is 7.11 Å². The zero-order valence-corrected chi connectivity index (χ0v) is 11.9. The molecule has 0 aromatic carbocycles. The molecule has 1 heterocycles. The van der Waals surface area contributed by atoms with Gasteiger partial charge in [0.1, 0.15) is 6.10 Å². The third-order valence-electron chi connectivity index (χ3n) is 3.53. The Labute approximate surface area is 110 Å². The molecule has 5 heteroatoms. The number of methoxy groups -OCH3 is 1. The number of hydrogen-bond donors (Lipinski definition) is 1. The zero-order valence-electron chi connectivity index (χ0n) is 11.9. The number of nitrogens with two attached hydrogens (primary N) is 1. The number of rotatable bonds is 4. The number of carbonyl (C=O) groups is 1. The number of hydrogen-bond acceptors (Lipinski definition) is 4. The van der Waals surface area contributed by atoms with Gasteiger partial charge in [0, 0.05) is 32.7 Å². The van der Waals surface area contributed by atoms with E-state index in [-0.39, 0.29) is 11.5 Å². The topological polar surface area (TPSA) is 64.8 Å². The van der Waals surface area contributed by atoms with E-state index in [9.17, 15) is 4.79 Å². The van der Waals surface area contributed by atoms with Gasteiger partial charge in [0.2, 0.25) is 0 Å². The summed E-state index contributed by atoms with van der Waals surface area (Å²) in [5, 5.41) is 0. The predicted molar refractivity (Wildman–Crippen MR) is 70.4 cm³/mol. The summed E-state index contributed by atoms with van der Waals surface area (Å²) in [7, 11) is 1.72. The van der Waals surface area contributed by atoms with Crippen molar-refractivity contribution < 1.29 is 14.3 Å². The van der Waals surface area contributed by atoms with Crippen LogP contribution in [0.2, 0.25) is 0 Å². The highest BCUT2D eigenvalue weighted by Crippen LogP contribution is 2.32. The zero-order chi connectivity index (χ0) is 13.8. The van der Waals surface area contributed by atoms with E-state index in [2.05, 4.69) is 25.7 Å². The third kappa shape index (κ3) is 4.46. The molecule has 1 aliphatic rings. The fourth-order valence-corrected chi connectivity index (χ4v) is 2.63. The molecule has 1 rings (SSSR count). The average Bonchev–Trinajstić information content (AvgIpc) is 2.25. The SMILES string of the molecule is COCCN1CCC(OC(N)=O)CC1C(C)(C)C. The van der Waals surface area contributed by atoms with E-state index in [4.69, 9.17) is 15.2 Å². The Morgan fingerprint density at radius 2 is 2.11 bits per heavy atom. The molecule has 1 aliphatic heterocycles. The van der Waals surface area contributed by atoms with Gasteiger partial charge in [-0.2, -0.15) is 0 Å². The Kier molecular flexibility index (Phi) is 5.41. The maximum absolute atomic E-state index is 10.8. The average molecular weight is 258 g/mol. The van der Waals surface area contributed by atoms with Gasteiger partial charge in [0.05, 0.1) is 6.61 Å². The van der Waals surface area contributed by atoms with E-state index >= 15 is 0 Å². The second-order valence-corrected chi connectivity index (χ2v) is 5.99. The van der Waals surface area contributed by atoms with E-state index in [1.807, 2.05) is 0 Å². The second kappa shape index (κ2) is 6.38. The van der Waals surface area contributed by atoms with Crippen molar-refractivity contribution in [2.45, 2.75) is 45.8 Å². The summed E-state index contributed by atoms with van der Waals surface area (Å²) in [6, 6.07) is 0.380. The summed E-state index contributed by atoms with van der Waals surface area (Å²) in [5.41, 5.74) is 5.24. The molecule has 5 nitrogen and oxygen atoms in total. The summed E-state index contributed by atoms with van der Waals surface area (Å²) in [5.74, 6) is 0. The lowest BCUT2D eigenvalue weighted by molar-refractivity contribution is -0.0192. The van der Waals surface area contributed by atoms with Crippen molar-refractivity contribution in [2.24, 2.45) is 11.1 Å². The van der Waals surface area contributed by atoms with Crippen molar-refractivity contribution in [3.05, 3.63) is 0 Å². The van der Waals surface area contributed by atoms with Crippen LogP contribution in [0.5, 0.6) is 0 Å². The molecule has 18 heavy (non-hydrogen) atoms. The van der Waals surface area contributed by atoms with Crippen LogP contribution in [0.25, 0.3) is 0 Å². The fourth-order valence-electron chi connectivity index (χ4n) is 2.63. The minimum atomic E-state index is -0.669. The van der Waals surface area contributed by atoms with Crippen molar-refractivity contribution in [1.29, 1.82) is 0 Å². The Hall–Kier alpha value is -0.810. The van der Waals surface area contributed by atoms with Crippen LogP contribution in [0.4, 0.5) is 4.79 Å². The molecule has 0 saturated carbocycles. The van der Waals surface area contributed by atoms with Crippen molar-refractivity contribution in [2.75, 3.05) is 26.8 Å². The first kappa shape index (κ1) is 15.2. The Morgan fingerprint density at radius 1 is 1.44 bits per heavy atom. The molecule has 0 aliphatic carbocycles. The van der Waals surface area contributed by atoms with Gasteiger partial charge in [0.15, 0.2) is 0 Å². The van der Waals surface area contributed by atoms with Gasteiger partial charge >= 0.3 is 6.09 Å². The lowest BCUT2D eigenvalue weighted by atomic mass is 9.79. The van der Waals surface area contributed by atoms with Gasteiger partial charge < -0.3 is 15.2 Å². The highest BCUT2D eigenvalue weighted by molar-refractivity contribution is 5.64. The minimum absolute atomic E-state index is 0.0504. The van der Waals surface area contributed by atoms with Gasteiger partial charge in [-0.05, 0) is 11.8 Å². The van der Waals surface area contributed by atoms with Crippen LogP contribution in [0.15, 0.2) is 0 Å². The van der Waals surface area contributed by atoms with E-state index in [0.29, 0.717) is 6.04 Å². The van der Waals surface area contributed by atoms with Gasteiger partial charge in [-0.1, -0.05) is 20.8 Å². The third-order valence-corrected chi connectivity index (χ3v) is 3.53. The largest absolute Gasteiger partial charge is 0.446 e. The lowest BCUT2D eigenvalue weighted by Crippen LogP contribution is -2.52. The van der Waals surface area contributed by atoms with Crippen molar-refractivity contribution in [3.8, 4) is 0 Å². The molecule has 1 amide bonds. The summed E-state index contributed by atoms with van der Waals surface area (Å²) in [4.78, 5) is 13.3. The number of carbonyl (C=O) groups excluding carboxylic acids is 1. The van der Waals surface area contributed by atoms with Crippen molar-refractivity contribution >= 4 is 6.09 Å². The Morgan fingerprint density at radius 3 is 2.61 bits per heavy atom. The second-order valence-electron chi connectivity index (χ2n) is 5.99. The summed E-state index contributed by atoms with van der Waals surface area (Å²) in [6.45, 7) is 9.21. The normalized spacial score (nSPS) is 26.0. The molecule has 106 valence electrons. The number of primary amides is 1. The molecule has 2 N–H and O–H groups in total. The smallest absolute Gasteiger partial charge is 0.404 e. The molecule has 1 saturated heterocycles. The molecule has 0 bridgehead atoms. The van der Waals surface area contributed by atoms with E-state index in [0.717, 1.165) is 32.5 Å². The van der Waals surface area contributed by atoms with E-state index in [1.165, 1.54) is 0 Å². The first-order valence-electron chi connectivity index (χ1n) is 6.53. The highest BCUT2D eigenvalue weighted by atomic mass is 16.6. The maximum Gasteiger partial charge on any atom is 0.404 e. The Bertz CT molecular complexity index is 276. The lowest BCUT2D eigenvalue weighted by Gasteiger charge is -2.45. The van der Waals surface area contributed by atoms with Gasteiger partial charge in [-0.3, -0.25) is 4.90 Å². The summed E-state index contributed by atoms with van der Waals surface area (Å²) in [6.07, 6.45) is 0.971. The fraction of sp³-hybridized carbons (Fsp3) is 0.923. The maximum atomic E-state index is 10.8. The van der Waals surface area contributed by atoms with Crippen LogP contribution in [-0.2, 0) is 9.47 Å². The standard InChI is InChI=1S/C13H26N2O3/c1-13(2,3)11-9-10(18-12(14)16)5-6-15(11)7-8-17-4/h10-11H,5-9H2,1-4H3,(H2,14,16). The van der Waals surface area contributed by atoms with Gasteiger partial charge in [-0.15, -0.1) is 0 Å². The number of nitrogens with zero attached hydrogens (tertiary/aromatic N) is 1. The first-order valence-corrected chi connectivity index (χ1v) is 6.53. The van der Waals surface area contributed by atoms with Crippen LogP contribution in [0, 0.1) is 5.41 Å². The van der Waals surface area contributed by atoms with Gasteiger partial charge in [0.25, 0.3) is 0 Å². The Balaban J connectivity index is 2.64. The summed E-state index contributed by atoms with van der Waals surface area (Å²) >= 11 is 0. The molecule has 0 radical (unpaired) electrons. The van der Waals surface area contributed by atoms with Crippen molar-refractivity contribution in [3.63, 3.8) is 0 Å². The molecular weight excluding hydrogens is 232 g/mol. The van der Waals surface area contributed by atoms with Crippen LogP contribution in [0.1, 0.15) is 33.6 Å². The minimum Gasteiger partial charge on any atom is -0.446 e. The molecule has 0 spiro atoms. The molecule has 2 unspecified atom stereocenters. The quantitative estimate of drug-likeness (QED) is 0.832. The van der Waals surface area contributed by atoms with E-state index < -0.39 is 6.09 Å². The van der Waals surface area contributed by atoms with Crippen LogP contribution < -0.4 is 5.73 Å². The number of ether oxygens (including phenoxy) is 2. The number of piperidine rings is 1. The molecule has 0 aromatic heterocycles. The molecular formula is C13H26N2O3. The molecule has 1 fully saturated rings. The van der Waals surface area contributed by atoms with Crippen molar-refractivity contribution in [1.82, 2.24) is 4.90 Å². The molecule has 0 aromatic rings. The number of amides is 1. The van der Waals surface area contributed by atoms with Crippen LogP contribution in [-0.4, -0.2) is 49.9 Å². The van der Waals surface area contributed by atoms with Crippen LogP contribution in [0.3, 0.4) is 0 Å².